The van der Waals surface area contributed by atoms with Crippen LogP contribution in [0.4, 0.5) is 0 Å². The van der Waals surface area contributed by atoms with E-state index >= 15 is 0 Å². The van der Waals surface area contributed by atoms with Crippen LogP contribution in [0.5, 0.6) is 0 Å². The summed E-state index contributed by atoms with van der Waals surface area (Å²) < 4.78 is 23.9. The van der Waals surface area contributed by atoms with Crippen molar-refractivity contribution in [2.75, 3.05) is 32.4 Å². The molecule has 1 saturated heterocycles. The highest BCUT2D eigenvalue weighted by Crippen LogP contribution is 1.99. The summed E-state index contributed by atoms with van der Waals surface area (Å²) in [6.45, 7) is 3.11. The van der Waals surface area contributed by atoms with Crippen molar-refractivity contribution in [1.82, 2.24) is 14.9 Å². The van der Waals surface area contributed by atoms with Gasteiger partial charge < -0.3 is 10.6 Å². The molecular weight excluding hydrogens is 266 g/mol. The fourth-order valence-corrected chi connectivity index (χ4v) is 2.33. The summed E-state index contributed by atoms with van der Waals surface area (Å²) in [4.78, 5) is 11.5. The molecule has 1 unspecified atom stereocenters. The van der Waals surface area contributed by atoms with Gasteiger partial charge in [0.1, 0.15) is 0 Å². The molecule has 0 aromatic carbocycles. The summed E-state index contributed by atoms with van der Waals surface area (Å²) in [6, 6.07) is 0.130. The smallest absolute Gasteiger partial charge is 0.235 e. The molecule has 1 amide bonds. The number of hydrogen-bond donors (Lipinski definition) is 2. The zero-order valence-corrected chi connectivity index (χ0v) is 11.7. The van der Waals surface area contributed by atoms with Crippen molar-refractivity contribution in [1.29, 1.82) is 0 Å². The van der Waals surface area contributed by atoms with Gasteiger partial charge in [0.2, 0.25) is 15.9 Å². The number of carbonyl (C=O) groups is 1. The molecule has 1 fully saturated rings. The third-order valence-corrected chi connectivity index (χ3v) is 4.44. The predicted octanol–water partition coefficient (Wildman–Crippen LogP) is -0.832. The van der Waals surface area contributed by atoms with Gasteiger partial charge in [-0.05, 0) is 19.9 Å². The molecule has 1 rings (SSSR count). The quantitative estimate of drug-likeness (QED) is 0.691. The number of rotatable bonds is 5. The van der Waals surface area contributed by atoms with E-state index < -0.39 is 10.0 Å². The van der Waals surface area contributed by atoms with Crippen molar-refractivity contribution in [3.8, 4) is 0 Å². The van der Waals surface area contributed by atoms with Crippen LogP contribution in [0.2, 0.25) is 0 Å². The number of likely N-dealkylation sites (N-methyl/N-ethyl adjacent to an activating group) is 1. The van der Waals surface area contributed by atoms with Gasteiger partial charge in [0, 0.05) is 19.6 Å². The molecule has 1 aliphatic heterocycles. The first-order valence-corrected chi connectivity index (χ1v) is 7.00. The minimum atomic E-state index is -3.27. The van der Waals surface area contributed by atoms with E-state index in [4.69, 9.17) is 0 Å². The van der Waals surface area contributed by atoms with E-state index in [9.17, 15) is 13.2 Å². The van der Waals surface area contributed by atoms with Crippen molar-refractivity contribution in [2.45, 2.75) is 19.4 Å². The maximum atomic E-state index is 11.5. The monoisotopic (exact) mass is 285 g/mol. The van der Waals surface area contributed by atoms with Crippen LogP contribution in [0, 0.1) is 0 Å². The first kappa shape index (κ1) is 16.6. The Balaban J connectivity index is 0.00000256. The van der Waals surface area contributed by atoms with Crippen LogP contribution in [-0.2, 0) is 14.8 Å². The topological polar surface area (TPSA) is 78.5 Å². The number of carbonyl (C=O) groups excluding carboxylic acids is 1. The summed E-state index contributed by atoms with van der Waals surface area (Å²) in [7, 11) is -1.85. The van der Waals surface area contributed by atoms with E-state index in [0.29, 0.717) is 0 Å². The Morgan fingerprint density at radius 2 is 2.18 bits per heavy atom. The molecule has 0 radical (unpaired) electrons. The highest BCUT2D eigenvalue weighted by Gasteiger charge is 2.21. The Labute approximate surface area is 109 Å². The van der Waals surface area contributed by atoms with Crippen molar-refractivity contribution in [3.63, 3.8) is 0 Å². The second-order valence-corrected chi connectivity index (χ2v) is 6.28. The van der Waals surface area contributed by atoms with Gasteiger partial charge in [0.05, 0.1) is 12.3 Å². The van der Waals surface area contributed by atoms with Crippen LogP contribution in [-0.4, -0.2) is 57.1 Å². The minimum Gasteiger partial charge on any atom is -0.351 e. The lowest BCUT2D eigenvalue weighted by Gasteiger charge is -2.17. The van der Waals surface area contributed by atoms with Gasteiger partial charge in [-0.15, -0.1) is 12.4 Å². The first-order chi connectivity index (χ1) is 7.45. The Kier molecular flexibility index (Phi) is 6.99. The molecule has 17 heavy (non-hydrogen) atoms. The van der Waals surface area contributed by atoms with Crippen LogP contribution in [0.3, 0.4) is 0 Å². The third-order valence-electron chi connectivity index (χ3n) is 2.63. The molecule has 1 aliphatic rings. The van der Waals surface area contributed by atoms with Gasteiger partial charge in [-0.3, -0.25) is 4.79 Å². The molecule has 8 heteroatoms. The Bertz CT molecular complexity index is 341. The molecule has 1 heterocycles. The summed E-state index contributed by atoms with van der Waals surface area (Å²) in [6.07, 6.45) is 0.899. The highest BCUT2D eigenvalue weighted by molar-refractivity contribution is 7.89. The summed E-state index contributed by atoms with van der Waals surface area (Å²) in [5.41, 5.74) is 0. The number of amides is 1. The van der Waals surface area contributed by atoms with Gasteiger partial charge in [0.15, 0.2) is 0 Å². The SMILES string of the molecule is CCS(=O)(=O)N(C)CC(=O)NC1CCNC1.Cl. The lowest BCUT2D eigenvalue weighted by Crippen LogP contribution is -2.43. The van der Waals surface area contributed by atoms with Crippen molar-refractivity contribution in [3.05, 3.63) is 0 Å². The maximum Gasteiger partial charge on any atom is 0.235 e. The van der Waals surface area contributed by atoms with Crippen molar-refractivity contribution in [2.24, 2.45) is 0 Å². The summed E-state index contributed by atoms with van der Waals surface area (Å²) in [5, 5.41) is 5.92. The molecule has 6 nitrogen and oxygen atoms in total. The fourth-order valence-electron chi connectivity index (χ4n) is 1.57. The van der Waals surface area contributed by atoms with Crippen molar-refractivity contribution < 1.29 is 13.2 Å². The Morgan fingerprint density at radius 3 is 2.65 bits per heavy atom. The van der Waals surface area contributed by atoms with E-state index in [1.165, 1.54) is 7.05 Å². The van der Waals surface area contributed by atoms with Crippen LogP contribution >= 0.6 is 12.4 Å². The molecule has 0 aromatic rings. The standard InChI is InChI=1S/C9H19N3O3S.ClH/c1-3-16(14,15)12(2)7-9(13)11-8-4-5-10-6-8;/h8,10H,3-7H2,1-2H3,(H,11,13);1H. The average molecular weight is 286 g/mol. The van der Waals surface area contributed by atoms with E-state index in [-0.39, 0.29) is 36.7 Å². The Hall–Kier alpha value is -0.370. The van der Waals surface area contributed by atoms with E-state index in [1.54, 1.807) is 6.92 Å². The van der Waals surface area contributed by atoms with Crippen molar-refractivity contribution >= 4 is 28.3 Å². The minimum absolute atomic E-state index is 0. The van der Waals surface area contributed by atoms with Gasteiger partial charge in [-0.1, -0.05) is 0 Å². The van der Waals surface area contributed by atoms with E-state index in [0.717, 1.165) is 23.8 Å². The number of sulfonamides is 1. The third kappa shape index (κ3) is 5.20. The number of halogens is 1. The summed E-state index contributed by atoms with van der Waals surface area (Å²) >= 11 is 0. The first-order valence-electron chi connectivity index (χ1n) is 5.40. The van der Waals surface area contributed by atoms with E-state index in [1.807, 2.05) is 0 Å². The maximum absolute atomic E-state index is 11.5. The zero-order chi connectivity index (χ0) is 12.2. The molecule has 0 aromatic heterocycles. The lowest BCUT2D eigenvalue weighted by molar-refractivity contribution is -0.121. The largest absolute Gasteiger partial charge is 0.351 e. The number of hydrogen-bond acceptors (Lipinski definition) is 4. The highest BCUT2D eigenvalue weighted by atomic mass is 35.5. The predicted molar refractivity (Wildman–Crippen MR) is 68.8 cm³/mol. The average Bonchev–Trinajstić information content (AvgIpc) is 2.70. The fraction of sp³-hybridized carbons (Fsp3) is 0.889. The zero-order valence-electron chi connectivity index (χ0n) is 10.1. The van der Waals surface area contributed by atoms with Crippen LogP contribution in [0.1, 0.15) is 13.3 Å². The molecule has 0 bridgehead atoms. The molecule has 1 atom stereocenters. The second kappa shape index (κ2) is 7.15. The molecule has 0 spiro atoms. The molecule has 0 aliphatic carbocycles. The normalized spacial score (nSPS) is 20.1. The summed E-state index contributed by atoms with van der Waals surface area (Å²) in [5.74, 6) is -0.227. The van der Waals surface area contributed by atoms with Gasteiger partial charge in [-0.25, -0.2) is 8.42 Å². The van der Waals surface area contributed by atoms with Crippen LogP contribution in [0.15, 0.2) is 0 Å². The van der Waals surface area contributed by atoms with Gasteiger partial charge >= 0.3 is 0 Å². The molecule has 102 valence electrons. The Morgan fingerprint density at radius 1 is 1.53 bits per heavy atom. The molecule has 0 saturated carbocycles. The number of nitrogens with zero attached hydrogens (tertiary/aromatic N) is 1. The van der Waals surface area contributed by atoms with Gasteiger partial charge in [-0.2, -0.15) is 4.31 Å². The lowest BCUT2D eigenvalue weighted by atomic mass is 10.2. The second-order valence-electron chi connectivity index (χ2n) is 3.91. The van der Waals surface area contributed by atoms with E-state index in [2.05, 4.69) is 10.6 Å². The van der Waals surface area contributed by atoms with Crippen LogP contribution in [0.25, 0.3) is 0 Å². The molecular formula is C9H20ClN3O3S. The number of nitrogens with one attached hydrogen (secondary N) is 2. The molecule has 2 N–H and O–H groups in total. The van der Waals surface area contributed by atoms with Crippen LogP contribution < -0.4 is 10.6 Å². The van der Waals surface area contributed by atoms with Gasteiger partial charge in [0.25, 0.3) is 0 Å².